The lowest BCUT2D eigenvalue weighted by molar-refractivity contribution is 0.368. The lowest BCUT2D eigenvalue weighted by Gasteiger charge is -2.19. The summed E-state index contributed by atoms with van der Waals surface area (Å²) in [6, 6.07) is 0. The van der Waals surface area contributed by atoms with Crippen LogP contribution in [0.25, 0.3) is 0 Å². The molecule has 1 nitrogen and oxygen atoms in total. The second kappa shape index (κ2) is 26.3. The van der Waals surface area contributed by atoms with Crippen molar-refractivity contribution in [3.63, 3.8) is 0 Å². The first-order valence-corrected chi connectivity index (χ1v) is 21.0. The van der Waals surface area contributed by atoms with Crippen molar-refractivity contribution in [2.75, 3.05) is 37.0 Å². The molecule has 0 saturated carbocycles. The average molecular weight is 590 g/mol. The lowest BCUT2D eigenvalue weighted by Crippen LogP contribution is -2.09. The van der Waals surface area contributed by atoms with Crippen molar-refractivity contribution in [3.05, 3.63) is 0 Å². The maximum absolute atomic E-state index is 9.75. The normalized spacial score (nSPS) is 12.3. The summed E-state index contributed by atoms with van der Waals surface area (Å²) < 4.78 is 45.4. The predicted molar refractivity (Wildman–Crippen MR) is 173 cm³/mol. The topological polar surface area (TPSA) is 14.1 Å². The highest BCUT2D eigenvalue weighted by Gasteiger charge is 2.34. The first-order valence-electron chi connectivity index (χ1n) is 16.4. The fourth-order valence-electron chi connectivity index (χ4n) is 5.28. The Morgan fingerprint density at radius 3 is 0.658 bits per heavy atom. The molecule has 0 spiro atoms. The smallest absolute Gasteiger partial charge is 0.418 e. The van der Waals surface area contributed by atoms with E-state index in [0.29, 0.717) is 0 Å². The minimum atomic E-state index is -6.00. The number of halogens is 4. The highest BCUT2D eigenvalue weighted by molar-refractivity contribution is 7.73. The van der Waals surface area contributed by atoms with Crippen molar-refractivity contribution < 1.29 is 17.3 Å². The van der Waals surface area contributed by atoms with Crippen LogP contribution in [0.5, 0.6) is 0 Å². The van der Waals surface area contributed by atoms with E-state index in [-0.39, 0.29) is 0 Å². The molecular weight excluding hydrogens is 523 g/mol. The molecule has 0 aliphatic carbocycles. The third-order valence-electron chi connectivity index (χ3n) is 7.45. The van der Waals surface area contributed by atoms with E-state index in [2.05, 4.69) is 41.5 Å². The molecule has 0 aliphatic heterocycles. The van der Waals surface area contributed by atoms with Crippen LogP contribution in [0, 0.1) is 0 Å². The molecule has 0 bridgehead atoms. The number of rotatable bonds is 24. The van der Waals surface area contributed by atoms with Crippen LogP contribution in [0.3, 0.4) is 0 Å². The highest BCUT2D eigenvalue weighted by Crippen LogP contribution is 2.56. The summed E-state index contributed by atoms with van der Waals surface area (Å²) in [6.07, 6.45) is 34.3. The molecule has 0 heterocycles. The summed E-state index contributed by atoms with van der Waals surface area (Å²) in [4.78, 5) is 0. The third kappa shape index (κ3) is 25.3. The van der Waals surface area contributed by atoms with Gasteiger partial charge >= 0.3 is 7.25 Å². The molecule has 0 amide bonds. The van der Waals surface area contributed by atoms with Gasteiger partial charge in [0.15, 0.2) is 0 Å². The van der Waals surface area contributed by atoms with E-state index in [1.165, 1.54) is 153 Å². The number of unbranched alkanes of at least 4 members (excludes halogenated alkanes) is 12. The van der Waals surface area contributed by atoms with Crippen molar-refractivity contribution in [1.82, 2.24) is 4.17 Å². The first kappa shape index (κ1) is 40.5. The van der Waals surface area contributed by atoms with E-state index in [9.17, 15) is 17.3 Å². The molecule has 0 aliphatic rings. The average Bonchev–Trinajstić information content (AvgIpc) is 2.84. The minimum absolute atomic E-state index is 1.18. The van der Waals surface area contributed by atoms with Gasteiger partial charge in [0.05, 0.1) is 0 Å². The second-order valence-corrected chi connectivity index (χ2v) is 19.1. The summed E-state index contributed by atoms with van der Waals surface area (Å²) in [5.41, 5.74) is 0. The van der Waals surface area contributed by atoms with Crippen LogP contribution in [-0.2, 0) is 0 Å². The minimum Gasteiger partial charge on any atom is -0.418 e. The van der Waals surface area contributed by atoms with Crippen molar-refractivity contribution in [2.24, 2.45) is 0 Å². The van der Waals surface area contributed by atoms with Crippen LogP contribution < -0.4 is 4.17 Å². The highest BCUT2D eigenvalue weighted by atomic mass is 31.2. The quantitative estimate of drug-likeness (QED) is 0.0350. The van der Waals surface area contributed by atoms with Gasteiger partial charge in [0.1, 0.15) is 0 Å². The van der Waals surface area contributed by atoms with Crippen molar-refractivity contribution in [2.45, 2.75) is 157 Å². The Hall–Kier alpha value is 0.355. The van der Waals surface area contributed by atoms with Gasteiger partial charge in [-0.15, -0.1) is 0 Å². The molecule has 38 heavy (non-hydrogen) atoms. The number of nitrogens with zero attached hydrogens (tertiary/aromatic N) is 1. The maximum Gasteiger partial charge on any atom is 0.673 e. The summed E-state index contributed by atoms with van der Waals surface area (Å²) in [5.74, 6) is 0. The Morgan fingerprint density at radius 2 is 0.526 bits per heavy atom. The molecular formula is C30H66BF4NP2. The van der Waals surface area contributed by atoms with Gasteiger partial charge in [0.25, 0.3) is 0 Å². The zero-order valence-corrected chi connectivity index (χ0v) is 28.2. The van der Waals surface area contributed by atoms with Gasteiger partial charge in [0, 0.05) is 37.0 Å². The zero-order chi connectivity index (χ0) is 29.2. The van der Waals surface area contributed by atoms with Gasteiger partial charge in [-0.3, -0.25) is 0 Å². The van der Waals surface area contributed by atoms with E-state index < -0.39 is 21.4 Å². The standard InChI is InChI=1S/C30H66NP2.BF4/c1-7-13-19-25-32(26-20-14-8-2,27-21-15-9-3)31-33(28-22-16-10-4,29-23-17-11-5)30-24-18-12-6;2-1(3,4)5/h7-30H2,1-6H3;/q+1;-1. The molecule has 0 unspecified atom stereocenters. The van der Waals surface area contributed by atoms with Gasteiger partial charge in [-0.05, 0) is 38.5 Å². The number of hydrogen-bond acceptors (Lipinski definition) is 0. The monoisotopic (exact) mass is 589 g/mol. The summed E-state index contributed by atoms with van der Waals surface area (Å²) >= 11 is 0. The van der Waals surface area contributed by atoms with Gasteiger partial charge in [-0.25, -0.2) is 0 Å². The molecule has 0 fully saturated rings. The summed E-state index contributed by atoms with van der Waals surface area (Å²) in [6.45, 7) is 14.3. The van der Waals surface area contributed by atoms with Gasteiger partial charge < -0.3 is 17.3 Å². The second-order valence-electron chi connectivity index (χ2n) is 11.4. The Bertz CT molecular complexity index is 518. The summed E-state index contributed by atoms with van der Waals surface area (Å²) in [5, 5.41) is 0. The molecule has 0 aromatic carbocycles. The van der Waals surface area contributed by atoms with E-state index in [1.807, 2.05) is 0 Å². The van der Waals surface area contributed by atoms with Gasteiger partial charge in [-0.2, -0.15) is 4.17 Å². The van der Waals surface area contributed by atoms with Crippen LogP contribution in [0.15, 0.2) is 0 Å². The molecule has 0 radical (unpaired) electrons. The fourth-order valence-corrected chi connectivity index (χ4v) is 16.9. The molecule has 0 saturated heterocycles. The van der Waals surface area contributed by atoms with Crippen molar-refractivity contribution >= 4 is 21.4 Å². The first-order chi connectivity index (χ1) is 18.1. The van der Waals surface area contributed by atoms with Crippen LogP contribution in [0.4, 0.5) is 17.3 Å². The molecule has 0 N–H and O–H groups in total. The van der Waals surface area contributed by atoms with E-state index in [4.69, 9.17) is 4.17 Å². The molecule has 0 aromatic heterocycles. The maximum atomic E-state index is 9.75. The Kier molecular flexibility index (Phi) is 28.0. The van der Waals surface area contributed by atoms with E-state index in [0.717, 1.165) is 0 Å². The molecule has 0 rings (SSSR count). The van der Waals surface area contributed by atoms with Crippen LogP contribution in [-0.4, -0.2) is 44.2 Å². The SMILES string of the molecule is CCCCCP(CCCCC)(CCCCC)=[N+]=P(CCCCC)(CCCCC)CCCCC.F[B-](F)(F)F. The molecule has 232 valence electrons. The van der Waals surface area contributed by atoms with Gasteiger partial charge in [0.2, 0.25) is 14.1 Å². The predicted octanol–water partition coefficient (Wildman–Crippen LogP) is 12.9. The van der Waals surface area contributed by atoms with Crippen LogP contribution in [0.1, 0.15) is 157 Å². The zero-order valence-electron chi connectivity index (χ0n) is 26.4. The number of hydrogen-bond donors (Lipinski definition) is 0. The Labute approximate surface area is 236 Å². The largest absolute Gasteiger partial charge is 0.673 e. The van der Waals surface area contributed by atoms with Crippen molar-refractivity contribution in [3.8, 4) is 0 Å². The Morgan fingerprint density at radius 1 is 0.368 bits per heavy atom. The third-order valence-corrected chi connectivity index (χ3v) is 17.4. The van der Waals surface area contributed by atoms with Crippen LogP contribution in [0.2, 0.25) is 0 Å². The summed E-state index contributed by atoms with van der Waals surface area (Å²) in [7, 11) is -8.36. The lowest BCUT2D eigenvalue weighted by atomic mass is 10.3. The van der Waals surface area contributed by atoms with Crippen LogP contribution >= 0.6 is 14.1 Å². The molecule has 0 atom stereocenters. The van der Waals surface area contributed by atoms with E-state index >= 15 is 0 Å². The van der Waals surface area contributed by atoms with Crippen molar-refractivity contribution in [1.29, 1.82) is 0 Å². The molecule has 0 aromatic rings. The molecule has 8 heteroatoms. The van der Waals surface area contributed by atoms with Gasteiger partial charge in [-0.1, -0.05) is 119 Å². The fraction of sp³-hybridized carbons (Fsp3) is 1.00. The van der Waals surface area contributed by atoms with E-state index in [1.54, 1.807) is 0 Å². The Balaban J connectivity index is 0.